The van der Waals surface area contributed by atoms with Crippen molar-refractivity contribution in [3.05, 3.63) is 0 Å². The van der Waals surface area contributed by atoms with Crippen LogP contribution in [0.1, 0.15) is 6.42 Å². The summed E-state index contributed by atoms with van der Waals surface area (Å²) < 4.78 is 0. The SMILES string of the molecule is N#CCCN1CCSCC1CO. The molecule has 1 saturated heterocycles. The maximum absolute atomic E-state index is 9.02. The van der Waals surface area contributed by atoms with E-state index in [4.69, 9.17) is 10.4 Å². The molecule has 0 saturated carbocycles. The summed E-state index contributed by atoms with van der Waals surface area (Å²) in [4.78, 5) is 2.21. The van der Waals surface area contributed by atoms with Crippen molar-refractivity contribution in [1.82, 2.24) is 4.90 Å². The highest BCUT2D eigenvalue weighted by Crippen LogP contribution is 2.15. The third-order valence-electron chi connectivity index (χ3n) is 2.07. The van der Waals surface area contributed by atoms with Crippen molar-refractivity contribution in [2.75, 3.05) is 31.2 Å². The zero-order chi connectivity index (χ0) is 8.81. The highest BCUT2D eigenvalue weighted by atomic mass is 32.2. The molecule has 1 fully saturated rings. The predicted molar refractivity (Wildman–Crippen MR) is 50.0 cm³/mol. The lowest BCUT2D eigenvalue weighted by atomic mass is 10.2. The number of aliphatic hydroxyl groups excluding tert-OH is 1. The molecule has 0 spiro atoms. The third kappa shape index (κ3) is 2.67. The molecule has 1 rings (SSSR count). The van der Waals surface area contributed by atoms with Crippen LogP contribution in [-0.4, -0.2) is 47.3 Å². The Labute approximate surface area is 77.4 Å². The van der Waals surface area contributed by atoms with Crippen LogP contribution < -0.4 is 0 Å². The molecule has 0 bridgehead atoms. The van der Waals surface area contributed by atoms with Crippen molar-refractivity contribution in [3.63, 3.8) is 0 Å². The summed E-state index contributed by atoms with van der Waals surface area (Å²) in [6.07, 6.45) is 0.571. The standard InChI is InChI=1S/C8H14N2OS/c9-2-1-3-10-4-5-12-7-8(10)6-11/h8,11H,1,3-7H2. The second-order valence-electron chi connectivity index (χ2n) is 2.86. The van der Waals surface area contributed by atoms with Gasteiger partial charge in [0, 0.05) is 37.1 Å². The van der Waals surface area contributed by atoms with Crippen LogP contribution in [0.5, 0.6) is 0 Å². The molecule has 68 valence electrons. The van der Waals surface area contributed by atoms with E-state index < -0.39 is 0 Å². The molecule has 3 nitrogen and oxygen atoms in total. The van der Waals surface area contributed by atoms with Crippen LogP contribution in [0.25, 0.3) is 0 Å². The number of nitrogens with zero attached hydrogens (tertiary/aromatic N) is 2. The first-order valence-corrected chi connectivity index (χ1v) is 5.33. The smallest absolute Gasteiger partial charge is 0.0635 e. The van der Waals surface area contributed by atoms with Gasteiger partial charge in [0.15, 0.2) is 0 Å². The average Bonchev–Trinajstić information content (AvgIpc) is 2.15. The number of rotatable bonds is 3. The fourth-order valence-corrected chi connectivity index (χ4v) is 2.46. The highest BCUT2D eigenvalue weighted by Gasteiger charge is 2.20. The Morgan fingerprint density at radius 1 is 1.67 bits per heavy atom. The van der Waals surface area contributed by atoms with E-state index in [9.17, 15) is 0 Å². The largest absolute Gasteiger partial charge is 0.395 e. The Hall–Kier alpha value is -0.240. The average molecular weight is 186 g/mol. The van der Waals surface area contributed by atoms with Gasteiger partial charge in [-0.25, -0.2) is 0 Å². The minimum Gasteiger partial charge on any atom is -0.395 e. The molecule has 0 amide bonds. The summed E-state index contributed by atoms with van der Waals surface area (Å²) in [7, 11) is 0. The van der Waals surface area contributed by atoms with E-state index in [1.807, 2.05) is 11.8 Å². The first kappa shape index (κ1) is 9.85. The molecule has 0 aromatic rings. The van der Waals surface area contributed by atoms with Crippen molar-refractivity contribution in [2.45, 2.75) is 12.5 Å². The molecule has 1 N–H and O–H groups in total. The van der Waals surface area contributed by atoms with E-state index in [-0.39, 0.29) is 12.6 Å². The Balaban J connectivity index is 2.32. The van der Waals surface area contributed by atoms with Gasteiger partial charge in [0.2, 0.25) is 0 Å². The minimum absolute atomic E-state index is 0.221. The predicted octanol–water partition coefficient (Wildman–Crippen LogP) is 0.310. The fourth-order valence-electron chi connectivity index (χ4n) is 1.35. The van der Waals surface area contributed by atoms with Crippen LogP contribution >= 0.6 is 11.8 Å². The quantitative estimate of drug-likeness (QED) is 0.689. The molecule has 0 aromatic heterocycles. The van der Waals surface area contributed by atoms with E-state index in [1.54, 1.807) is 0 Å². The minimum atomic E-state index is 0.221. The molecule has 1 atom stereocenters. The number of hydrogen-bond donors (Lipinski definition) is 1. The van der Waals surface area contributed by atoms with Crippen LogP contribution in [-0.2, 0) is 0 Å². The van der Waals surface area contributed by atoms with Gasteiger partial charge in [-0.15, -0.1) is 0 Å². The van der Waals surface area contributed by atoms with Gasteiger partial charge >= 0.3 is 0 Å². The van der Waals surface area contributed by atoms with Crippen molar-refractivity contribution >= 4 is 11.8 Å². The monoisotopic (exact) mass is 186 g/mol. The summed E-state index contributed by atoms with van der Waals surface area (Å²) >= 11 is 1.88. The lowest BCUT2D eigenvalue weighted by Gasteiger charge is -2.33. The second-order valence-corrected chi connectivity index (χ2v) is 4.01. The van der Waals surface area contributed by atoms with Crippen molar-refractivity contribution < 1.29 is 5.11 Å². The van der Waals surface area contributed by atoms with Gasteiger partial charge in [-0.1, -0.05) is 0 Å². The number of hydrogen-bond acceptors (Lipinski definition) is 4. The highest BCUT2D eigenvalue weighted by molar-refractivity contribution is 7.99. The van der Waals surface area contributed by atoms with Crippen LogP contribution in [0.4, 0.5) is 0 Å². The zero-order valence-corrected chi connectivity index (χ0v) is 7.89. The van der Waals surface area contributed by atoms with E-state index >= 15 is 0 Å². The second kappa shape index (κ2) is 5.41. The van der Waals surface area contributed by atoms with E-state index in [0.29, 0.717) is 6.42 Å². The normalized spacial score (nSPS) is 25.2. The van der Waals surface area contributed by atoms with Gasteiger partial charge < -0.3 is 5.11 Å². The first-order chi connectivity index (χ1) is 5.88. The van der Waals surface area contributed by atoms with Gasteiger partial charge in [-0.2, -0.15) is 17.0 Å². The van der Waals surface area contributed by atoms with E-state index in [1.165, 1.54) is 0 Å². The van der Waals surface area contributed by atoms with Gasteiger partial charge in [-0.05, 0) is 0 Å². The molecular formula is C8H14N2OS. The number of aliphatic hydroxyl groups is 1. The Morgan fingerprint density at radius 2 is 2.50 bits per heavy atom. The molecule has 0 aromatic carbocycles. The maximum atomic E-state index is 9.02. The van der Waals surface area contributed by atoms with Gasteiger partial charge in [0.25, 0.3) is 0 Å². The molecular weight excluding hydrogens is 172 g/mol. The van der Waals surface area contributed by atoms with Crippen molar-refractivity contribution in [3.8, 4) is 6.07 Å². The molecule has 0 aliphatic carbocycles. The van der Waals surface area contributed by atoms with Crippen LogP contribution in [0.15, 0.2) is 0 Å². The molecule has 1 heterocycles. The summed E-state index contributed by atoms with van der Waals surface area (Å²) in [6.45, 7) is 2.04. The summed E-state index contributed by atoms with van der Waals surface area (Å²) in [5, 5.41) is 17.4. The topological polar surface area (TPSA) is 47.3 Å². The Kier molecular flexibility index (Phi) is 4.44. The van der Waals surface area contributed by atoms with Crippen molar-refractivity contribution in [1.29, 1.82) is 5.26 Å². The summed E-state index contributed by atoms with van der Waals surface area (Å²) in [5.74, 6) is 2.13. The first-order valence-electron chi connectivity index (χ1n) is 4.18. The molecule has 1 aliphatic heterocycles. The lowest BCUT2D eigenvalue weighted by Crippen LogP contribution is -2.44. The molecule has 12 heavy (non-hydrogen) atoms. The third-order valence-corrected chi connectivity index (χ3v) is 3.16. The molecule has 0 radical (unpaired) electrons. The maximum Gasteiger partial charge on any atom is 0.0635 e. The van der Waals surface area contributed by atoms with Crippen LogP contribution in [0.3, 0.4) is 0 Å². The Bertz CT molecular complexity index is 169. The van der Waals surface area contributed by atoms with E-state index in [2.05, 4.69) is 11.0 Å². The number of thioether (sulfide) groups is 1. The molecule has 1 aliphatic rings. The van der Waals surface area contributed by atoms with Gasteiger partial charge in [-0.3, -0.25) is 4.90 Å². The molecule has 1 unspecified atom stereocenters. The van der Waals surface area contributed by atoms with Gasteiger partial charge in [0.05, 0.1) is 12.7 Å². The van der Waals surface area contributed by atoms with Crippen LogP contribution in [0.2, 0.25) is 0 Å². The Morgan fingerprint density at radius 3 is 3.17 bits per heavy atom. The van der Waals surface area contributed by atoms with Gasteiger partial charge in [0.1, 0.15) is 0 Å². The van der Waals surface area contributed by atoms with Crippen molar-refractivity contribution in [2.24, 2.45) is 0 Å². The van der Waals surface area contributed by atoms with E-state index in [0.717, 1.165) is 24.6 Å². The molecule has 4 heteroatoms. The summed E-state index contributed by atoms with van der Waals surface area (Å²) in [6, 6.07) is 2.40. The fraction of sp³-hybridized carbons (Fsp3) is 0.875. The lowest BCUT2D eigenvalue weighted by molar-refractivity contribution is 0.142. The zero-order valence-electron chi connectivity index (χ0n) is 7.07. The van der Waals surface area contributed by atoms with Crippen LogP contribution in [0, 0.1) is 11.3 Å². The summed E-state index contributed by atoms with van der Waals surface area (Å²) in [5.41, 5.74) is 0. The number of nitriles is 1.